The lowest BCUT2D eigenvalue weighted by Crippen LogP contribution is -2.14. The van der Waals surface area contributed by atoms with E-state index in [0.29, 0.717) is 0 Å². The molecule has 0 aliphatic carbocycles. The van der Waals surface area contributed by atoms with Crippen LogP contribution in [0.1, 0.15) is 37.5 Å². The van der Waals surface area contributed by atoms with E-state index in [4.69, 9.17) is 4.74 Å². The molecule has 2 rings (SSSR count). The lowest BCUT2D eigenvalue weighted by atomic mass is 9.98. The molecule has 1 unspecified atom stereocenters. The van der Waals surface area contributed by atoms with Crippen LogP contribution in [0.2, 0.25) is 0 Å². The Kier molecular flexibility index (Phi) is 5.54. The maximum Gasteiger partial charge on any atom is 0.303 e. The van der Waals surface area contributed by atoms with Gasteiger partial charge in [-0.2, -0.15) is 0 Å². The van der Waals surface area contributed by atoms with Crippen molar-refractivity contribution in [3.05, 3.63) is 71.3 Å². The summed E-state index contributed by atoms with van der Waals surface area (Å²) in [4.78, 5) is 11.3. The van der Waals surface area contributed by atoms with Gasteiger partial charge in [-0.3, -0.25) is 4.79 Å². The summed E-state index contributed by atoms with van der Waals surface area (Å²) in [5.74, 6) is -0.268. The van der Waals surface area contributed by atoms with E-state index in [0.717, 1.165) is 23.1 Å². The molecule has 2 heteroatoms. The Morgan fingerprint density at radius 1 is 1.09 bits per heavy atom. The predicted molar refractivity (Wildman–Crippen MR) is 91.4 cm³/mol. The average Bonchev–Trinajstić information content (AvgIpc) is 2.53. The Hall–Kier alpha value is -2.35. The number of carbonyl (C=O) groups excluding carboxylic acids is 1. The summed E-state index contributed by atoms with van der Waals surface area (Å²) in [5, 5.41) is 0. The van der Waals surface area contributed by atoms with Gasteiger partial charge in [0, 0.05) is 6.92 Å². The minimum absolute atomic E-state index is 0.268. The third-order valence-electron chi connectivity index (χ3n) is 3.60. The molecule has 0 bridgehead atoms. The quantitative estimate of drug-likeness (QED) is 0.588. The third-order valence-corrected chi connectivity index (χ3v) is 3.60. The lowest BCUT2D eigenvalue weighted by molar-refractivity contribution is -0.142. The number of aryl methyl sites for hydroxylation is 1. The van der Waals surface area contributed by atoms with Gasteiger partial charge in [-0.25, -0.2) is 0 Å². The molecule has 0 radical (unpaired) electrons. The summed E-state index contributed by atoms with van der Waals surface area (Å²) in [6, 6.07) is 18.5. The van der Waals surface area contributed by atoms with Gasteiger partial charge in [0.05, 0.1) is 0 Å². The van der Waals surface area contributed by atoms with E-state index in [-0.39, 0.29) is 12.1 Å². The Bertz CT molecular complexity index is 639. The van der Waals surface area contributed by atoms with E-state index in [1.54, 1.807) is 0 Å². The van der Waals surface area contributed by atoms with Crippen LogP contribution < -0.4 is 0 Å². The number of esters is 1. The number of ether oxygens (including phenoxy) is 1. The zero-order chi connectivity index (χ0) is 15.9. The molecule has 0 saturated carbocycles. The molecular formula is C20H22O2. The SMILES string of the molecule is CCc1ccc(C=C(c2ccccc2)C(C)OC(C)=O)cc1. The van der Waals surface area contributed by atoms with Gasteiger partial charge in [0.25, 0.3) is 0 Å². The molecule has 0 aromatic heterocycles. The van der Waals surface area contributed by atoms with Gasteiger partial charge in [-0.05, 0) is 41.7 Å². The first-order valence-electron chi connectivity index (χ1n) is 7.63. The Morgan fingerprint density at radius 2 is 1.73 bits per heavy atom. The fourth-order valence-electron chi connectivity index (χ4n) is 2.41. The van der Waals surface area contributed by atoms with Crippen molar-refractivity contribution in [2.75, 3.05) is 0 Å². The first kappa shape index (κ1) is 16.0. The highest BCUT2D eigenvalue weighted by molar-refractivity contribution is 5.84. The topological polar surface area (TPSA) is 26.3 Å². The van der Waals surface area contributed by atoms with Crippen molar-refractivity contribution in [2.45, 2.75) is 33.3 Å². The van der Waals surface area contributed by atoms with Crippen LogP contribution >= 0.6 is 0 Å². The average molecular weight is 294 g/mol. The van der Waals surface area contributed by atoms with E-state index >= 15 is 0 Å². The standard InChI is InChI=1S/C20H22O2/c1-4-17-10-12-18(13-11-17)14-20(15(2)22-16(3)21)19-8-6-5-7-9-19/h5-15H,4H2,1-3H3. The molecule has 22 heavy (non-hydrogen) atoms. The maximum atomic E-state index is 11.3. The molecule has 0 aliphatic rings. The van der Waals surface area contributed by atoms with Gasteiger partial charge in [-0.15, -0.1) is 0 Å². The monoisotopic (exact) mass is 294 g/mol. The molecule has 2 nitrogen and oxygen atoms in total. The number of carbonyl (C=O) groups is 1. The van der Waals surface area contributed by atoms with Crippen molar-refractivity contribution in [3.63, 3.8) is 0 Å². The van der Waals surface area contributed by atoms with E-state index in [1.165, 1.54) is 12.5 Å². The molecule has 0 amide bonds. The lowest BCUT2D eigenvalue weighted by Gasteiger charge is -2.17. The highest BCUT2D eigenvalue weighted by Gasteiger charge is 2.14. The van der Waals surface area contributed by atoms with Crippen molar-refractivity contribution in [3.8, 4) is 0 Å². The Labute approximate surface area is 132 Å². The molecule has 0 fully saturated rings. The molecular weight excluding hydrogens is 272 g/mol. The Morgan fingerprint density at radius 3 is 2.27 bits per heavy atom. The zero-order valence-electron chi connectivity index (χ0n) is 13.4. The van der Waals surface area contributed by atoms with Gasteiger partial charge in [-0.1, -0.05) is 61.5 Å². The highest BCUT2D eigenvalue weighted by atomic mass is 16.5. The normalized spacial score (nSPS) is 12.8. The van der Waals surface area contributed by atoms with Crippen LogP contribution in [0, 0.1) is 0 Å². The van der Waals surface area contributed by atoms with Crippen LogP contribution in [0.15, 0.2) is 54.6 Å². The molecule has 0 heterocycles. The molecule has 0 N–H and O–H groups in total. The van der Waals surface area contributed by atoms with Crippen LogP contribution in [-0.2, 0) is 16.0 Å². The van der Waals surface area contributed by atoms with Gasteiger partial charge in [0.2, 0.25) is 0 Å². The van der Waals surface area contributed by atoms with Crippen LogP contribution in [0.4, 0.5) is 0 Å². The van der Waals surface area contributed by atoms with Gasteiger partial charge in [0.15, 0.2) is 0 Å². The molecule has 2 aromatic carbocycles. The van der Waals surface area contributed by atoms with Crippen LogP contribution in [0.3, 0.4) is 0 Å². The van der Waals surface area contributed by atoms with Crippen LogP contribution in [0.5, 0.6) is 0 Å². The van der Waals surface area contributed by atoms with Gasteiger partial charge < -0.3 is 4.74 Å². The van der Waals surface area contributed by atoms with Crippen LogP contribution in [-0.4, -0.2) is 12.1 Å². The van der Waals surface area contributed by atoms with E-state index < -0.39 is 0 Å². The molecule has 0 spiro atoms. The first-order valence-corrected chi connectivity index (χ1v) is 7.63. The first-order chi connectivity index (χ1) is 10.6. The molecule has 0 saturated heterocycles. The second kappa shape index (κ2) is 7.60. The summed E-state index contributed by atoms with van der Waals surface area (Å²) in [5.41, 5.74) is 4.48. The van der Waals surface area contributed by atoms with E-state index in [1.807, 2.05) is 37.3 Å². The highest BCUT2D eigenvalue weighted by Crippen LogP contribution is 2.24. The second-order valence-corrected chi connectivity index (χ2v) is 5.31. The number of hydrogen-bond acceptors (Lipinski definition) is 2. The second-order valence-electron chi connectivity index (χ2n) is 5.31. The summed E-state index contributed by atoms with van der Waals surface area (Å²) >= 11 is 0. The van der Waals surface area contributed by atoms with Gasteiger partial charge in [0.1, 0.15) is 6.10 Å². The minimum atomic E-state index is -0.286. The fourth-order valence-corrected chi connectivity index (χ4v) is 2.41. The van der Waals surface area contributed by atoms with Gasteiger partial charge >= 0.3 is 5.97 Å². The maximum absolute atomic E-state index is 11.3. The number of rotatable bonds is 5. The van der Waals surface area contributed by atoms with Crippen LogP contribution in [0.25, 0.3) is 11.6 Å². The minimum Gasteiger partial charge on any atom is -0.458 e. The van der Waals surface area contributed by atoms with Crippen molar-refractivity contribution in [2.24, 2.45) is 0 Å². The van der Waals surface area contributed by atoms with E-state index in [2.05, 4.69) is 37.3 Å². The van der Waals surface area contributed by atoms with Crippen molar-refractivity contribution in [1.29, 1.82) is 0 Å². The summed E-state index contributed by atoms with van der Waals surface area (Å²) in [6.45, 7) is 5.48. The summed E-state index contributed by atoms with van der Waals surface area (Å²) in [6.07, 6.45) is 2.83. The predicted octanol–water partition coefficient (Wildman–Crippen LogP) is 4.74. The smallest absolute Gasteiger partial charge is 0.303 e. The fraction of sp³-hybridized carbons (Fsp3) is 0.250. The van der Waals surface area contributed by atoms with Crippen molar-refractivity contribution < 1.29 is 9.53 Å². The van der Waals surface area contributed by atoms with E-state index in [9.17, 15) is 4.79 Å². The largest absolute Gasteiger partial charge is 0.458 e. The zero-order valence-corrected chi connectivity index (χ0v) is 13.4. The van der Waals surface area contributed by atoms with Crippen molar-refractivity contribution >= 4 is 17.6 Å². The summed E-state index contributed by atoms with van der Waals surface area (Å²) < 4.78 is 5.38. The van der Waals surface area contributed by atoms with Crippen molar-refractivity contribution in [1.82, 2.24) is 0 Å². The molecule has 1 atom stereocenters. The third kappa shape index (κ3) is 4.32. The molecule has 0 aliphatic heterocycles. The number of benzene rings is 2. The Balaban J connectivity index is 2.38. The summed E-state index contributed by atoms with van der Waals surface area (Å²) in [7, 11) is 0. The number of hydrogen-bond donors (Lipinski definition) is 0. The molecule has 2 aromatic rings. The molecule has 114 valence electrons.